The second-order valence-corrected chi connectivity index (χ2v) is 8.81. The average Bonchev–Trinajstić information content (AvgIpc) is 3.16. The van der Waals surface area contributed by atoms with Crippen LogP contribution in [-0.4, -0.2) is 4.98 Å². The van der Waals surface area contributed by atoms with Crippen molar-refractivity contribution in [2.24, 2.45) is 5.41 Å². The van der Waals surface area contributed by atoms with E-state index in [-0.39, 0.29) is 5.82 Å². The molecular formula is C28H24FNO. The van der Waals surface area contributed by atoms with Gasteiger partial charge in [-0.2, -0.15) is 0 Å². The van der Waals surface area contributed by atoms with Crippen molar-refractivity contribution in [2.75, 3.05) is 0 Å². The Balaban J connectivity index is 1.57. The van der Waals surface area contributed by atoms with E-state index in [1.165, 1.54) is 12.1 Å². The van der Waals surface area contributed by atoms with Crippen molar-refractivity contribution in [3.63, 3.8) is 0 Å². The first-order chi connectivity index (χ1) is 15.6. The van der Waals surface area contributed by atoms with Crippen LogP contribution >= 0.6 is 0 Å². The van der Waals surface area contributed by atoms with Crippen LogP contribution in [0.4, 0.5) is 4.39 Å². The summed E-state index contributed by atoms with van der Waals surface area (Å²) in [6.45, 7) is 5.72. The van der Waals surface area contributed by atoms with Crippen molar-refractivity contribution in [2.45, 2.75) is 27.1 Å². The summed E-state index contributed by atoms with van der Waals surface area (Å²) < 4.78 is 36.7. The van der Waals surface area contributed by atoms with Crippen LogP contribution in [0.25, 0.3) is 44.3 Å². The molecule has 2 heterocycles. The van der Waals surface area contributed by atoms with Crippen LogP contribution in [0, 0.1) is 11.2 Å². The quantitative estimate of drug-likeness (QED) is 0.300. The van der Waals surface area contributed by atoms with Crippen molar-refractivity contribution < 1.29 is 11.5 Å². The molecule has 0 saturated carbocycles. The molecule has 0 fully saturated rings. The fraction of sp³-hybridized carbons (Fsp3) is 0.179. The van der Waals surface area contributed by atoms with Gasteiger partial charge in [0.2, 0.25) is 0 Å². The molecular weight excluding hydrogens is 385 g/mol. The lowest BCUT2D eigenvalue weighted by molar-refractivity contribution is 0.411. The van der Waals surface area contributed by atoms with Gasteiger partial charge in [0.25, 0.3) is 0 Å². The molecule has 0 aliphatic heterocycles. The first kappa shape index (κ1) is 17.2. The number of hydrogen-bond donors (Lipinski definition) is 0. The van der Waals surface area contributed by atoms with Gasteiger partial charge in [-0.3, -0.25) is 4.98 Å². The molecule has 5 rings (SSSR count). The third-order valence-electron chi connectivity index (χ3n) is 5.23. The number of rotatable bonds is 3. The van der Waals surface area contributed by atoms with E-state index in [1.54, 1.807) is 12.3 Å². The maximum absolute atomic E-state index is 13.7. The molecule has 2 aromatic heterocycles. The van der Waals surface area contributed by atoms with Gasteiger partial charge in [0, 0.05) is 31.3 Å². The Morgan fingerprint density at radius 3 is 2.48 bits per heavy atom. The van der Waals surface area contributed by atoms with Crippen LogP contribution in [0.15, 0.2) is 83.4 Å². The summed E-state index contributed by atoms with van der Waals surface area (Å²) >= 11 is 0. The molecule has 3 heteroatoms. The van der Waals surface area contributed by atoms with E-state index >= 15 is 0 Å². The molecule has 0 radical (unpaired) electrons. The van der Waals surface area contributed by atoms with Gasteiger partial charge in [0.15, 0.2) is 0 Å². The van der Waals surface area contributed by atoms with Crippen molar-refractivity contribution >= 4 is 21.9 Å². The highest BCUT2D eigenvalue weighted by molar-refractivity contribution is 6.09. The van der Waals surface area contributed by atoms with Crippen LogP contribution in [0.5, 0.6) is 0 Å². The molecule has 0 bridgehead atoms. The van der Waals surface area contributed by atoms with Crippen LogP contribution < -0.4 is 0 Å². The summed E-state index contributed by atoms with van der Waals surface area (Å²) in [6, 6.07) is 22.0. The number of halogens is 1. The van der Waals surface area contributed by atoms with E-state index in [0.717, 1.165) is 33.2 Å². The Morgan fingerprint density at radius 1 is 0.903 bits per heavy atom. The first-order valence-electron chi connectivity index (χ1n) is 11.3. The summed E-state index contributed by atoms with van der Waals surface area (Å²) in [5, 5.41) is 1.79. The average molecular weight is 412 g/mol. The van der Waals surface area contributed by atoms with Gasteiger partial charge >= 0.3 is 0 Å². The minimum atomic E-state index is -1.44. The van der Waals surface area contributed by atoms with Crippen molar-refractivity contribution in [1.29, 1.82) is 0 Å². The van der Waals surface area contributed by atoms with Gasteiger partial charge < -0.3 is 4.42 Å². The molecule has 154 valence electrons. The molecule has 0 N–H and O–H groups in total. The molecule has 2 nitrogen and oxygen atoms in total. The molecule has 0 aliphatic rings. The van der Waals surface area contributed by atoms with Crippen LogP contribution in [-0.2, 0) is 6.37 Å². The standard InChI is InChI=1S/C28H24FNO/c1-28(2,3)17-18-7-9-19(10-8-18)20-13-14-30-25(15-20)24-6-4-5-23-22-12-11-21(29)16-26(22)31-27(23)24/h4-16H,17H2,1-3H3/i17D2. The normalized spacial score (nSPS) is 13.4. The Labute approximate surface area is 184 Å². The lowest BCUT2D eigenvalue weighted by Gasteiger charge is -2.18. The van der Waals surface area contributed by atoms with Gasteiger partial charge in [-0.15, -0.1) is 0 Å². The number of para-hydroxylation sites is 1. The number of aromatic nitrogens is 1. The predicted octanol–water partition coefficient (Wildman–Crippen LogP) is 8.04. The molecule has 0 unspecified atom stereocenters. The lowest BCUT2D eigenvalue weighted by Crippen LogP contribution is -2.08. The fourth-order valence-corrected chi connectivity index (χ4v) is 3.91. The smallest absolute Gasteiger partial charge is 0.144 e. The maximum atomic E-state index is 13.7. The SMILES string of the molecule is [2H]C([2H])(c1ccc(-c2ccnc(-c3cccc4c3oc3cc(F)ccc34)c2)cc1)C(C)(C)C. The van der Waals surface area contributed by atoms with E-state index in [2.05, 4.69) is 4.98 Å². The molecule has 0 atom stereocenters. The zero-order valence-electron chi connectivity index (χ0n) is 19.7. The highest BCUT2D eigenvalue weighted by atomic mass is 19.1. The zero-order chi connectivity index (χ0) is 23.4. The maximum Gasteiger partial charge on any atom is 0.144 e. The van der Waals surface area contributed by atoms with Gasteiger partial charge in [-0.1, -0.05) is 57.2 Å². The molecule has 0 saturated heterocycles. The van der Waals surface area contributed by atoms with Crippen LogP contribution in [0.2, 0.25) is 0 Å². The number of nitrogens with zero attached hydrogens (tertiary/aromatic N) is 1. The molecule has 5 aromatic rings. The fourth-order valence-electron chi connectivity index (χ4n) is 3.91. The third-order valence-corrected chi connectivity index (χ3v) is 5.23. The highest BCUT2D eigenvalue weighted by Gasteiger charge is 2.14. The molecule has 0 aliphatic carbocycles. The zero-order valence-corrected chi connectivity index (χ0v) is 17.7. The second-order valence-electron chi connectivity index (χ2n) is 8.81. The number of pyridine rings is 1. The number of benzene rings is 3. The predicted molar refractivity (Wildman–Crippen MR) is 126 cm³/mol. The molecule has 0 spiro atoms. The minimum Gasteiger partial charge on any atom is -0.455 e. The number of hydrogen-bond acceptors (Lipinski definition) is 2. The summed E-state index contributed by atoms with van der Waals surface area (Å²) in [7, 11) is 0. The Hall–Kier alpha value is -3.46. The van der Waals surface area contributed by atoms with Gasteiger partial charge in [-0.05, 0) is 58.8 Å². The first-order valence-corrected chi connectivity index (χ1v) is 10.3. The van der Waals surface area contributed by atoms with E-state index in [0.29, 0.717) is 16.7 Å². The molecule has 3 aromatic carbocycles. The van der Waals surface area contributed by atoms with E-state index in [1.807, 2.05) is 75.4 Å². The van der Waals surface area contributed by atoms with E-state index < -0.39 is 11.8 Å². The van der Waals surface area contributed by atoms with E-state index in [4.69, 9.17) is 7.16 Å². The lowest BCUT2D eigenvalue weighted by atomic mass is 9.87. The Bertz CT molecular complexity index is 1480. The van der Waals surface area contributed by atoms with Crippen LogP contribution in [0.1, 0.15) is 29.1 Å². The summed E-state index contributed by atoms with van der Waals surface area (Å²) in [5.41, 5.74) is 4.89. The Kier molecular flexibility index (Phi) is 4.09. The Morgan fingerprint density at radius 2 is 1.71 bits per heavy atom. The summed E-state index contributed by atoms with van der Waals surface area (Å²) in [5.74, 6) is -0.331. The topological polar surface area (TPSA) is 26.0 Å². The molecule has 0 amide bonds. The highest BCUT2D eigenvalue weighted by Crippen LogP contribution is 2.36. The summed E-state index contributed by atoms with van der Waals surface area (Å²) in [6.07, 6.45) is 0.319. The van der Waals surface area contributed by atoms with E-state index in [9.17, 15) is 4.39 Å². The second kappa shape index (κ2) is 7.35. The van der Waals surface area contributed by atoms with Gasteiger partial charge in [0.1, 0.15) is 17.0 Å². The van der Waals surface area contributed by atoms with Gasteiger partial charge in [-0.25, -0.2) is 4.39 Å². The molecule has 31 heavy (non-hydrogen) atoms. The van der Waals surface area contributed by atoms with Crippen molar-refractivity contribution in [1.82, 2.24) is 4.98 Å². The number of fused-ring (bicyclic) bond motifs is 3. The largest absolute Gasteiger partial charge is 0.455 e. The number of furan rings is 1. The van der Waals surface area contributed by atoms with Crippen LogP contribution in [0.3, 0.4) is 0 Å². The summed E-state index contributed by atoms with van der Waals surface area (Å²) in [4.78, 5) is 4.57. The third kappa shape index (κ3) is 3.84. The monoisotopic (exact) mass is 411 g/mol. The van der Waals surface area contributed by atoms with Gasteiger partial charge in [0.05, 0.1) is 5.69 Å². The minimum absolute atomic E-state index is 0.331. The van der Waals surface area contributed by atoms with Crippen molar-refractivity contribution in [3.8, 4) is 22.4 Å². The van der Waals surface area contributed by atoms with Crippen molar-refractivity contribution in [3.05, 3.63) is 90.4 Å².